The summed E-state index contributed by atoms with van der Waals surface area (Å²) in [5.74, 6) is 0.395. The SMILES string of the molecule is CCOc1ccc(C(=O)CCC(=O)N[C@@H]2CCS(=O)(=O)C2)cc1. The van der Waals surface area contributed by atoms with Gasteiger partial charge in [0.2, 0.25) is 5.91 Å². The number of carbonyl (C=O) groups excluding carboxylic acids is 2. The summed E-state index contributed by atoms with van der Waals surface area (Å²) < 4.78 is 28.0. The standard InChI is InChI=1S/C16H21NO5S/c1-2-22-14-5-3-12(4-6-14)15(18)7-8-16(19)17-13-9-10-23(20,21)11-13/h3-6,13H,2,7-11H2,1H3,(H,17,19)/t13-/m1/s1. The molecule has 1 N–H and O–H groups in total. The molecule has 1 heterocycles. The predicted octanol–water partition coefficient (Wildman–Crippen LogP) is 1.35. The van der Waals surface area contributed by atoms with Crippen LogP contribution in [-0.2, 0) is 14.6 Å². The molecule has 1 saturated heterocycles. The van der Waals surface area contributed by atoms with E-state index in [0.717, 1.165) is 0 Å². The topological polar surface area (TPSA) is 89.5 Å². The van der Waals surface area contributed by atoms with Crippen LogP contribution < -0.4 is 10.1 Å². The highest BCUT2D eigenvalue weighted by atomic mass is 32.2. The molecular formula is C16H21NO5S. The number of benzene rings is 1. The highest BCUT2D eigenvalue weighted by Gasteiger charge is 2.28. The predicted molar refractivity (Wildman–Crippen MR) is 86.4 cm³/mol. The molecule has 0 bridgehead atoms. The van der Waals surface area contributed by atoms with Gasteiger partial charge < -0.3 is 10.1 Å². The van der Waals surface area contributed by atoms with Gasteiger partial charge in [0, 0.05) is 24.4 Å². The lowest BCUT2D eigenvalue weighted by molar-refractivity contribution is -0.121. The minimum Gasteiger partial charge on any atom is -0.494 e. The minimum atomic E-state index is -3.02. The van der Waals surface area contributed by atoms with Crippen molar-refractivity contribution >= 4 is 21.5 Å². The first-order valence-corrected chi connectivity index (χ1v) is 9.47. The number of sulfone groups is 1. The largest absolute Gasteiger partial charge is 0.494 e. The first kappa shape index (κ1) is 17.5. The summed E-state index contributed by atoms with van der Waals surface area (Å²) in [6.07, 6.45) is 0.600. The van der Waals surface area contributed by atoms with Crippen molar-refractivity contribution in [3.63, 3.8) is 0 Å². The summed E-state index contributed by atoms with van der Waals surface area (Å²) in [5, 5.41) is 2.68. The van der Waals surface area contributed by atoms with Gasteiger partial charge in [-0.25, -0.2) is 8.42 Å². The molecule has 0 aromatic heterocycles. The lowest BCUT2D eigenvalue weighted by Crippen LogP contribution is -2.35. The van der Waals surface area contributed by atoms with Crippen molar-refractivity contribution < 1.29 is 22.7 Å². The third-order valence-electron chi connectivity index (χ3n) is 3.66. The van der Waals surface area contributed by atoms with Gasteiger partial charge in [-0.05, 0) is 37.6 Å². The molecule has 1 amide bonds. The highest BCUT2D eigenvalue weighted by molar-refractivity contribution is 7.91. The maximum Gasteiger partial charge on any atom is 0.220 e. The molecule has 7 heteroatoms. The van der Waals surface area contributed by atoms with Crippen molar-refractivity contribution in [2.24, 2.45) is 0 Å². The Morgan fingerprint density at radius 2 is 1.91 bits per heavy atom. The van der Waals surface area contributed by atoms with Crippen LogP contribution in [0.5, 0.6) is 5.75 Å². The van der Waals surface area contributed by atoms with E-state index in [-0.39, 0.29) is 42.1 Å². The smallest absolute Gasteiger partial charge is 0.220 e. The first-order chi connectivity index (χ1) is 10.9. The van der Waals surface area contributed by atoms with E-state index in [1.54, 1.807) is 24.3 Å². The van der Waals surface area contributed by atoms with Crippen molar-refractivity contribution in [2.45, 2.75) is 32.2 Å². The number of hydrogen-bond donors (Lipinski definition) is 1. The van der Waals surface area contributed by atoms with Gasteiger partial charge in [0.15, 0.2) is 15.6 Å². The first-order valence-electron chi connectivity index (χ1n) is 7.65. The summed E-state index contributed by atoms with van der Waals surface area (Å²) in [7, 11) is -3.02. The number of ketones is 1. The van der Waals surface area contributed by atoms with Gasteiger partial charge in [0.05, 0.1) is 18.1 Å². The van der Waals surface area contributed by atoms with Gasteiger partial charge in [0.25, 0.3) is 0 Å². The fourth-order valence-electron chi connectivity index (χ4n) is 2.48. The van der Waals surface area contributed by atoms with Crippen LogP contribution in [0.25, 0.3) is 0 Å². The molecule has 126 valence electrons. The van der Waals surface area contributed by atoms with Gasteiger partial charge in [-0.3, -0.25) is 9.59 Å². The summed E-state index contributed by atoms with van der Waals surface area (Å²) in [5.41, 5.74) is 0.532. The summed E-state index contributed by atoms with van der Waals surface area (Å²) in [6.45, 7) is 2.44. The monoisotopic (exact) mass is 339 g/mol. The molecule has 0 saturated carbocycles. The fraction of sp³-hybridized carbons (Fsp3) is 0.500. The van der Waals surface area contributed by atoms with Gasteiger partial charge in [-0.2, -0.15) is 0 Å². The normalized spacial score (nSPS) is 19.3. The zero-order valence-electron chi connectivity index (χ0n) is 13.1. The Kier molecular flexibility index (Phi) is 5.76. The van der Waals surface area contributed by atoms with Gasteiger partial charge in [-0.1, -0.05) is 0 Å². The minimum absolute atomic E-state index is 0.00836. The summed E-state index contributed by atoms with van der Waals surface area (Å²) >= 11 is 0. The quantitative estimate of drug-likeness (QED) is 0.758. The van der Waals surface area contributed by atoms with Crippen LogP contribution in [-0.4, -0.2) is 44.3 Å². The molecule has 1 aliphatic rings. The Hall–Kier alpha value is -1.89. The molecule has 0 radical (unpaired) electrons. The third kappa shape index (κ3) is 5.35. The number of nitrogens with one attached hydrogen (secondary N) is 1. The summed E-state index contributed by atoms with van der Waals surface area (Å²) in [4.78, 5) is 23.8. The Bertz CT molecular complexity index is 666. The molecule has 23 heavy (non-hydrogen) atoms. The van der Waals surface area contributed by atoms with E-state index < -0.39 is 9.84 Å². The maximum atomic E-state index is 12.0. The fourth-order valence-corrected chi connectivity index (χ4v) is 4.16. The summed E-state index contributed by atoms with van der Waals surface area (Å²) in [6, 6.07) is 6.47. The van der Waals surface area contributed by atoms with Crippen LogP contribution in [0.2, 0.25) is 0 Å². The van der Waals surface area contributed by atoms with E-state index in [1.165, 1.54) is 0 Å². The van der Waals surface area contributed by atoms with E-state index in [0.29, 0.717) is 24.3 Å². The van der Waals surface area contributed by atoms with Crippen molar-refractivity contribution in [3.8, 4) is 5.75 Å². The van der Waals surface area contributed by atoms with Gasteiger partial charge >= 0.3 is 0 Å². The molecule has 2 rings (SSSR count). The lowest BCUT2D eigenvalue weighted by Gasteiger charge is -2.10. The number of carbonyl (C=O) groups is 2. The zero-order chi connectivity index (χ0) is 16.9. The van der Waals surface area contributed by atoms with Crippen molar-refractivity contribution in [1.82, 2.24) is 5.32 Å². The molecule has 6 nitrogen and oxygen atoms in total. The number of rotatable bonds is 7. The van der Waals surface area contributed by atoms with Crippen molar-refractivity contribution in [3.05, 3.63) is 29.8 Å². The average molecular weight is 339 g/mol. The van der Waals surface area contributed by atoms with Crippen LogP contribution in [0.4, 0.5) is 0 Å². The van der Waals surface area contributed by atoms with Crippen LogP contribution in [0.1, 0.15) is 36.5 Å². The molecular weight excluding hydrogens is 318 g/mol. The second-order valence-electron chi connectivity index (χ2n) is 5.55. The number of Topliss-reactive ketones (excluding diaryl/α,β-unsaturated/α-hetero) is 1. The Morgan fingerprint density at radius 1 is 1.22 bits per heavy atom. The molecule has 1 aromatic carbocycles. The molecule has 1 atom stereocenters. The van der Waals surface area contributed by atoms with E-state index in [9.17, 15) is 18.0 Å². The number of ether oxygens (including phenoxy) is 1. The van der Waals surface area contributed by atoms with Gasteiger partial charge in [-0.15, -0.1) is 0 Å². The zero-order valence-corrected chi connectivity index (χ0v) is 13.9. The van der Waals surface area contributed by atoms with Crippen LogP contribution in [0, 0.1) is 0 Å². The second kappa shape index (κ2) is 7.59. The molecule has 0 unspecified atom stereocenters. The Balaban J connectivity index is 1.78. The van der Waals surface area contributed by atoms with E-state index >= 15 is 0 Å². The van der Waals surface area contributed by atoms with Crippen LogP contribution in [0.15, 0.2) is 24.3 Å². The highest BCUT2D eigenvalue weighted by Crippen LogP contribution is 2.15. The van der Waals surface area contributed by atoms with Gasteiger partial charge in [0.1, 0.15) is 5.75 Å². The number of hydrogen-bond acceptors (Lipinski definition) is 5. The Labute approximate surface area is 136 Å². The van der Waals surface area contributed by atoms with Crippen molar-refractivity contribution in [1.29, 1.82) is 0 Å². The van der Waals surface area contributed by atoms with Crippen LogP contribution >= 0.6 is 0 Å². The third-order valence-corrected chi connectivity index (χ3v) is 5.43. The van der Waals surface area contributed by atoms with Crippen molar-refractivity contribution in [2.75, 3.05) is 18.1 Å². The van der Waals surface area contributed by atoms with E-state index in [4.69, 9.17) is 4.74 Å². The van der Waals surface area contributed by atoms with E-state index in [2.05, 4.69) is 5.32 Å². The molecule has 1 fully saturated rings. The lowest BCUT2D eigenvalue weighted by atomic mass is 10.1. The number of amides is 1. The molecule has 1 aliphatic heterocycles. The molecule has 0 aliphatic carbocycles. The second-order valence-corrected chi connectivity index (χ2v) is 7.78. The molecule has 0 spiro atoms. The Morgan fingerprint density at radius 3 is 2.48 bits per heavy atom. The maximum absolute atomic E-state index is 12.0. The van der Waals surface area contributed by atoms with E-state index in [1.807, 2.05) is 6.92 Å². The van der Waals surface area contributed by atoms with Crippen LogP contribution in [0.3, 0.4) is 0 Å². The average Bonchev–Trinajstić information content (AvgIpc) is 2.84. The molecule has 1 aromatic rings.